The molecule has 0 aliphatic carbocycles. The van der Waals surface area contributed by atoms with Gasteiger partial charge in [-0.15, -0.1) is 35.4 Å². The largest absolute Gasteiger partial charge is 2.00 e. The Balaban J connectivity index is 0.00000338. The molecule has 0 saturated carbocycles. The molecule has 0 atom stereocenters. The molecule has 8 aromatic rings. The maximum absolute atomic E-state index is 6.47. The van der Waals surface area contributed by atoms with E-state index in [1.54, 1.807) is 17.0 Å². The molecule has 0 spiro atoms. The Hall–Kier alpha value is -5.06. The van der Waals surface area contributed by atoms with E-state index < -0.39 is 0 Å². The second kappa shape index (κ2) is 11.7. The molecule has 0 aliphatic heterocycles. The topological polar surface area (TPSA) is 65.5 Å². The predicted octanol–water partition coefficient (Wildman–Crippen LogP) is 9.71. The van der Waals surface area contributed by atoms with Crippen molar-refractivity contribution < 1.29 is 30.3 Å². The molecule has 4 aromatic carbocycles. The molecular formula is C39H28N4O2Pt. The minimum Gasteiger partial charge on any atom is -0.497 e. The number of fused-ring (bicyclic) bond motifs is 5. The van der Waals surface area contributed by atoms with Gasteiger partial charge in [-0.25, -0.2) is 4.98 Å². The van der Waals surface area contributed by atoms with Crippen LogP contribution in [0.4, 0.5) is 0 Å². The third-order valence-electron chi connectivity index (χ3n) is 7.91. The third-order valence-corrected chi connectivity index (χ3v) is 7.91. The van der Waals surface area contributed by atoms with Gasteiger partial charge in [-0.3, -0.25) is 0 Å². The van der Waals surface area contributed by atoms with Crippen LogP contribution in [0.1, 0.15) is 26.3 Å². The number of nitrogens with zero attached hydrogens (tertiary/aromatic N) is 4. The zero-order valence-corrected chi connectivity index (χ0v) is 27.7. The first-order valence-electron chi connectivity index (χ1n) is 14.9. The fourth-order valence-corrected chi connectivity index (χ4v) is 5.78. The van der Waals surface area contributed by atoms with E-state index >= 15 is 0 Å². The number of imidazole rings is 1. The summed E-state index contributed by atoms with van der Waals surface area (Å²) in [4.78, 5) is 14.1. The zero-order valence-electron chi connectivity index (χ0n) is 25.4. The molecule has 7 heteroatoms. The normalized spacial score (nSPS) is 11.6. The molecule has 4 heterocycles. The zero-order chi connectivity index (χ0) is 30.5. The van der Waals surface area contributed by atoms with Crippen molar-refractivity contribution in [2.45, 2.75) is 26.2 Å². The molecule has 4 aromatic heterocycles. The summed E-state index contributed by atoms with van der Waals surface area (Å²) < 4.78 is 14.3. The summed E-state index contributed by atoms with van der Waals surface area (Å²) in [6.45, 7) is 6.69. The molecule has 6 nitrogen and oxygen atoms in total. The Morgan fingerprint density at radius 3 is 2.39 bits per heavy atom. The van der Waals surface area contributed by atoms with Crippen molar-refractivity contribution >= 4 is 27.6 Å². The Morgan fingerprint density at radius 2 is 1.54 bits per heavy atom. The Morgan fingerprint density at radius 1 is 0.739 bits per heavy atom. The van der Waals surface area contributed by atoms with Crippen LogP contribution in [0.2, 0.25) is 0 Å². The molecule has 0 bridgehead atoms. The fourth-order valence-electron chi connectivity index (χ4n) is 5.78. The van der Waals surface area contributed by atoms with Gasteiger partial charge in [-0.1, -0.05) is 93.1 Å². The molecule has 0 unspecified atom stereocenters. The molecule has 0 amide bonds. The monoisotopic (exact) mass is 779 g/mol. The van der Waals surface area contributed by atoms with Gasteiger partial charge < -0.3 is 19.2 Å². The number of benzene rings is 4. The van der Waals surface area contributed by atoms with E-state index in [0.717, 1.165) is 61.3 Å². The molecule has 0 N–H and O–H groups in total. The van der Waals surface area contributed by atoms with Crippen LogP contribution >= 0.6 is 0 Å². The number of hydrogen-bond acceptors (Lipinski definition) is 5. The predicted molar refractivity (Wildman–Crippen MR) is 177 cm³/mol. The average Bonchev–Trinajstić information content (AvgIpc) is 3.61. The number of para-hydroxylation sites is 1. The van der Waals surface area contributed by atoms with Gasteiger partial charge >= 0.3 is 21.1 Å². The summed E-state index contributed by atoms with van der Waals surface area (Å²) in [5.41, 5.74) is 9.76. The van der Waals surface area contributed by atoms with E-state index in [-0.39, 0.29) is 26.5 Å². The molecular weight excluding hydrogens is 752 g/mol. The van der Waals surface area contributed by atoms with E-state index in [1.165, 1.54) is 5.56 Å². The van der Waals surface area contributed by atoms with Crippen LogP contribution < -0.4 is 4.74 Å². The fraction of sp³-hybridized carbons (Fsp3) is 0.103. The minimum atomic E-state index is -0.0397. The van der Waals surface area contributed by atoms with Gasteiger partial charge in [-0.2, -0.15) is 4.57 Å². The minimum absolute atomic E-state index is 0. The van der Waals surface area contributed by atoms with Crippen LogP contribution in [-0.2, 0) is 26.5 Å². The van der Waals surface area contributed by atoms with Crippen LogP contribution in [-0.4, -0.2) is 19.5 Å². The van der Waals surface area contributed by atoms with Gasteiger partial charge in [0.15, 0.2) is 11.2 Å². The number of hydrogen-bond donors (Lipinski definition) is 0. The molecule has 0 fully saturated rings. The van der Waals surface area contributed by atoms with Gasteiger partial charge in [0.05, 0.1) is 5.39 Å². The number of rotatable bonds is 5. The number of ether oxygens (including phenoxy) is 1. The quantitative estimate of drug-likeness (QED) is 0.163. The Bertz CT molecular complexity index is 2350. The van der Waals surface area contributed by atoms with Crippen molar-refractivity contribution in [2.75, 3.05) is 0 Å². The van der Waals surface area contributed by atoms with Crippen LogP contribution in [0, 0.1) is 12.1 Å². The van der Waals surface area contributed by atoms with Crippen molar-refractivity contribution in [3.63, 3.8) is 0 Å². The summed E-state index contributed by atoms with van der Waals surface area (Å²) in [6, 6.07) is 41.1. The summed E-state index contributed by atoms with van der Waals surface area (Å²) in [5.74, 6) is 1.13. The first kappa shape index (κ1) is 29.6. The number of aromatic nitrogens is 4. The average molecular weight is 780 g/mol. The van der Waals surface area contributed by atoms with Crippen molar-refractivity contribution in [1.82, 2.24) is 19.5 Å². The van der Waals surface area contributed by atoms with Gasteiger partial charge in [-0.05, 0) is 52.2 Å². The van der Waals surface area contributed by atoms with Crippen LogP contribution in [0.25, 0.3) is 61.3 Å². The molecule has 0 aliphatic rings. The van der Waals surface area contributed by atoms with E-state index in [2.05, 4.69) is 68.2 Å². The summed E-state index contributed by atoms with van der Waals surface area (Å²) in [5, 5.41) is 0.964. The van der Waals surface area contributed by atoms with Crippen molar-refractivity contribution in [3.8, 4) is 45.1 Å². The first-order chi connectivity index (χ1) is 21.9. The maximum atomic E-state index is 6.47. The Labute approximate surface area is 281 Å². The summed E-state index contributed by atoms with van der Waals surface area (Å²) in [6.07, 6.45) is 3.56. The SMILES string of the molecule is CC(C)(C)c1ccccc1-c1cc(Oc2[c-]c(-c3cc4c(cn3)nc3c5ccccc5on43)ccc2)[c-]c(-c2ccccn2)c1.[Pt+2]. The Kier molecular flexibility index (Phi) is 7.54. The van der Waals surface area contributed by atoms with Crippen molar-refractivity contribution in [2.24, 2.45) is 0 Å². The summed E-state index contributed by atoms with van der Waals surface area (Å²) >= 11 is 0. The first-order valence-corrected chi connectivity index (χ1v) is 14.9. The van der Waals surface area contributed by atoms with E-state index in [9.17, 15) is 0 Å². The molecule has 226 valence electrons. The van der Waals surface area contributed by atoms with Crippen molar-refractivity contribution in [1.29, 1.82) is 0 Å². The van der Waals surface area contributed by atoms with Crippen LogP contribution in [0.15, 0.2) is 120 Å². The third kappa shape index (κ3) is 5.39. The van der Waals surface area contributed by atoms with Gasteiger partial charge in [0.1, 0.15) is 11.0 Å². The van der Waals surface area contributed by atoms with Gasteiger partial charge in [0, 0.05) is 23.9 Å². The molecule has 8 rings (SSSR count). The molecule has 46 heavy (non-hydrogen) atoms. The van der Waals surface area contributed by atoms with E-state index in [1.807, 2.05) is 72.8 Å². The van der Waals surface area contributed by atoms with Crippen LogP contribution in [0.3, 0.4) is 0 Å². The van der Waals surface area contributed by atoms with Crippen LogP contribution in [0.5, 0.6) is 11.5 Å². The smallest absolute Gasteiger partial charge is 0.497 e. The van der Waals surface area contributed by atoms with Gasteiger partial charge in [0.2, 0.25) is 0 Å². The molecule has 0 radical (unpaired) electrons. The maximum Gasteiger partial charge on any atom is 2.00 e. The second-order valence-corrected chi connectivity index (χ2v) is 12.1. The second-order valence-electron chi connectivity index (χ2n) is 12.1. The van der Waals surface area contributed by atoms with E-state index in [0.29, 0.717) is 11.5 Å². The van der Waals surface area contributed by atoms with E-state index in [4.69, 9.17) is 19.2 Å². The standard InChI is InChI=1S/C39H28N4O2.Pt/c1-39(2,3)32-15-6-4-13-30(32)26-19-27(33-16-8-9-18-40-33)22-29(21-26)44-28-12-10-11-25(20-28)34-23-36-35(24-41-34)42-38-31-14-5-7-17-37(31)45-43(36)38;/h4-19,21,23-24H,1-3H3;/q-2;+2. The van der Waals surface area contributed by atoms with Gasteiger partial charge in [0.25, 0.3) is 0 Å². The molecule has 0 saturated heterocycles. The number of pyridine rings is 2. The summed E-state index contributed by atoms with van der Waals surface area (Å²) in [7, 11) is 0. The van der Waals surface area contributed by atoms with Crippen molar-refractivity contribution in [3.05, 3.63) is 133 Å².